The fourth-order valence-electron chi connectivity index (χ4n) is 2.53. The first-order valence-electron chi connectivity index (χ1n) is 6.30. The Morgan fingerprint density at radius 3 is 2.29 bits per heavy atom. The molecule has 1 aliphatic carbocycles. The van der Waals surface area contributed by atoms with Crippen molar-refractivity contribution in [2.24, 2.45) is 0 Å². The van der Waals surface area contributed by atoms with E-state index in [-0.39, 0.29) is 5.91 Å². The SMILES string of the molecule is CC1(C(=O)NC2(C(=O)O)CCC2)CCCCN1. The van der Waals surface area contributed by atoms with E-state index < -0.39 is 17.0 Å². The molecule has 5 heteroatoms. The number of carbonyl (C=O) groups is 2. The number of carboxylic acids is 1. The van der Waals surface area contributed by atoms with Crippen molar-refractivity contribution in [2.45, 2.75) is 56.5 Å². The van der Waals surface area contributed by atoms with E-state index in [1.54, 1.807) is 0 Å². The number of piperidine rings is 1. The van der Waals surface area contributed by atoms with Crippen LogP contribution in [0.2, 0.25) is 0 Å². The molecule has 0 aromatic heterocycles. The second-order valence-electron chi connectivity index (χ2n) is 5.41. The molecular weight excluding hydrogens is 220 g/mol. The van der Waals surface area contributed by atoms with E-state index in [0.717, 1.165) is 32.2 Å². The molecule has 2 fully saturated rings. The molecular formula is C12H20N2O3. The van der Waals surface area contributed by atoms with Crippen molar-refractivity contribution in [3.8, 4) is 0 Å². The number of rotatable bonds is 3. The lowest BCUT2D eigenvalue weighted by Gasteiger charge is -2.42. The number of carbonyl (C=O) groups excluding carboxylic acids is 1. The molecule has 1 amide bonds. The predicted molar refractivity (Wildman–Crippen MR) is 62.6 cm³/mol. The van der Waals surface area contributed by atoms with Gasteiger partial charge in [-0.1, -0.05) is 0 Å². The van der Waals surface area contributed by atoms with E-state index in [9.17, 15) is 14.7 Å². The van der Waals surface area contributed by atoms with Crippen LogP contribution in [0.1, 0.15) is 45.4 Å². The van der Waals surface area contributed by atoms with Crippen molar-refractivity contribution in [1.82, 2.24) is 10.6 Å². The summed E-state index contributed by atoms with van der Waals surface area (Å²) in [5.41, 5.74) is -1.60. The van der Waals surface area contributed by atoms with Crippen LogP contribution in [0.25, 0.3) is 0 Å². The third-order valence-electron chi connectivity index (χ3n) is 4.09. The lowest BCUT2D eigenvalue weighted by molar-refractivity contribution is -0.153. The van der Waals surface area contributed by atoms with Crippen LogP contribution in [-0.2, 0) is 9.59 Å². The van der Waals surface area contributed by atoms with Gasteiger partial charge in [0.2, 0.25) is 5.91 Å². The van der Waals surface area contributed by atoms with Crippen LogP contribution in [-0.4, -0.2) is 34.6 Å². The number of hydrogen-bond donors (Lipinski definition) is 3. The molecule has 0 bridgehead atoms. The molecule has 0 radical (unpaired) electrons. The predicted octanol–water partition coefficient (Wildman–Crippen LogP) is 0.642. The fraction of sp³-hybridized carbons (Fsp3) is 0.833. The van der Waals surface area contributed by atoms with Gasteiger partial charge in [0.25, 0.3) is 0 Å². The zero-order valence-electron chi connectivity index (χ0n) is 10.2. The Morgan fingerprint density at radius 1 is 1.18 bits per heavy atom. The van der Waals surface area contributed by atoms with E-state index in [4.69, 9.17) is 0 Å². The summed E-state index contributed by atoms with van der Waals surface area (Å²) in [5.74, 6) is -1.07. The minimum Gasteiger partial charge on any atom is -0.480 e. The van der Waals surface area contributed by atoms with Crippen LogP contribution in [0, 0.1) is 0 Å². The molecule has 96 valence electrons. The van der Waals surface area contributed by atoms with Crippen molar-refractivity contribution in [2.75, 3.05) is 6.54 Å². The van der Waals surface area contributed by atoms with Gasteiger partial charge in [-0.15, -0.1) is 0 Å². The number of nitrogens with one attached hydrogen (secondary N) is 2. The van der Waals surface area contributed by atoms with Gasteiger partial charge in [0.1, 0.15) is 5.54 Å². The quantitative estimate of drug-likeness (QED) is 0.676. The van der Waals surface area contributed by atoms with Gasteiger partial charge in [-0.25, -0.2) is 4.79 Å². The van der Waals surface area contributed by atoms with Gasteiger partial charge in [-0.2, -0.15) is 0 Å². The lowest BCUT2D eigenvalue weighted by atomic mass is 9.76. The Kier molecular flexibility index (Phi) is 3.12. The van der Waals surface area contributed by atoms with Crippen molar-refractivity contribution in [3.05, 3.63) is 0 Å². The summed E-state index contributed by atoms with van der Waals surface area (Å²) in [7, 11) is 0. The maximum absolute atomic E-state index is 12.2. The number of carboxylic acid groups (broad SMARTS) is 1. The third kappa shape index (κ3) is 2.16. The van der Waals surface area contributed by atoms with Crippen molar-refractivity contribution >= 4 is 11.9 Å². The number of aliphatic carboxylic acids is 1. The van der Waals surface area contributed by atoms with E-state index >= 15 is 0 Å². The molecule has 1 saturated heterocycles. The second-order valence-corrected chi connectivity index (χ2v) is 5.41. The Morgan fingerprint density at radius 2 is 1.88 bits per heavy atom. The number of hydrogen-bond acceptors (Lipinski definition) is 3. The van der Waals surface area contributed by atoms with E-state index in [0.29, 0.717) is 12.8 Å². The van der Waals surface area contributed by atoms with Crippen molar-refractivity contribution in [1.29, 1.82) is 0 Å². The first kappa shape index (κ1) is 12.4. The highest BCUT2D eigenvalue weighted by Gasteiger charge is 2.48. The smallest absolute Gasteiger partial charge is 0.329 e. The average Bonchev–Trinajstić information content (AvgIpc) is 2.23. The molecule has 3 N–H and O–H groups in total. The topological polar surface area (TPSA) is 78.4 Å². The van der Waals surface area contributed by atoms with Crippen LogP contribution < -0.4 is 10.6 Å². The standard InChI is InChI=1S/C12H20N2O3/c1-11(5-2-3-8-13-11)9(15)14-12(10(16)17)6-4-7-12/h13H,2-8H2,1H3,(H,14,15)(H,16,17). The van der Waals surface area contributed by atoms with Crippen LogP contribution in [0.15, 0.2) is 0 Å². The van der Waals surface area contributed by atoms with Gasteiger partial charge in [0, 0.05) is 0 Å². The summed E-state index contributed by atoms with van der Waals surface area (Å²) in [6.45, 7) is 2.68. The molecule has 0 aromatic rings. The molecule has 1 heterocycles. The lowest BCUT2D eigenvalue weighted by Crippen LogP contribution is -2.66. The van der Waals surface area contributed by atoms with Crippen LogP contribution >= 0.6 is 0 Å². The Labute approximate surface area is 101 Å². The van der Waals surface area contributed by atoms with Crippen LogP contribution in [0.5, 0.6) is 0 Å². The molecule has 0 aromatic carbocycles. The highest BCUT2D eigenvalue weighted by Crippen LogP contribution is 2.33. The first-order chi connectivity index (χ1) is 7.99. The summed E-state index contributed by atoms with van der Waals surface area (Å²) in [5, 5.41) is 15.1. The van der Waals surface area contributed by atoms with Gasteiger partial charge in [0.05, 0.1) is 5.54 Å². The molecule has 1 aliphatic heterocycles. The second kappa shape index (κ2) is 4.29. The van der Waals surface area contributed by atoms with Crippen molar-refractivity contribution in [3.63, 3.8) is 0 Å². The Bertz CT molecular complexity index is 331. The Hall–Kier alpha value is -1.10. The molecule has 2 rings (SSSR count). The van der Waals surface area contributed by atoms with Crippen molar-refractivity contribution < 1.29 is 14.7 Å². The van der Waals surface area contributed by atoms with Gasteiger partial charge in [-0.3, -0.25) is 4.79 Å². The molecule has 17 heavy (non-hydrogen) atoms. The summed E-state index contributed by atoms with van der Waals surface area (Å²) in [4.78, 5) is 23.4. The first-order valence-corrected chi connectivity index (χ1v) is 6.30. The maximum Gasteiger partial charge on any atom is 0.329 e. The maximum atomic E-state index is 12.2. The largest absolute Gasteiger partial charge is 0.480 e. The molecule has 1 atom stereocenters. The van der Waals surface area contributed by atoms with Gasteiger partial charge in [-0.05, 0) is 52.0 Å². The van der Waals surface area contributed by atoms with Gasteiger partial charge in [0.15, 0.2) is 0 Å². The molecule has 2 aliphatic rings. The van der Waals surface area contributed by atoms with E-state index in [1.807, 2.05) is 6.92 Å². The number of amides is 1. The summed E-state index contributed by atoms with van der Waals surface area (Å²) in [6.07, 6.45) is 4.82. The summed E-state index contributed by atoms with van der Waals surface area (Å²) < 4.78 is 0. The van der Waals surface area contributed by atoms with Gasteiger partial charge >= 0.3 is 5.97 Å². The molecule has 1 saturated carbocycles. The normalized spacial score (nSPS) is 31.4. The third-order valence-corrected chi connectivity index (χ3v) is 4.09. The fourth-order valence-corrected chi connectivity index (χ4v) is 2.53. The minimum atomic E-state index is -1.00. The molecule has 0 spiro atoms. The van der Waals surface area contributed by atoms with Crippen LogP contribution in [0.3, 0.4) is 0 Å². The summed E-state index contributed by atoms with van der Waals surface area (Å²) in [6, 6.07) is 0. The highest BCUT2D eigenvalue weighted by molar-refractivity contribution is 5.92. The Balaban J connectivity index is 2.02. The minimum absolute atomic E-state index is 0.167. The zero-order chi connectivity index (χ0) is 12.5. The molecule has 5 nitrogen and oxygen atoms in total. The highest BCUT2D eigenvalue weighted by atomic mass is 16.4. The average molecular weight is 240 g/mol. The van der Waals surface area contributed by atoms with E-state index in [2.05, 4.69) is 10.6 Å². The van der Waals surface area contributed by atoms with E-state index in [1.165, 1.54) is 0 Å². The monoisotopic (exact) mass is 240 g/mol. The van der Waals surface area contributed by atoms with Crippen LogP contribution in [0.4, 0.5) is 0 Å². The van der Waals surface area contributed by atoms with Gasteiger partial charge < -0.3 is 15.7 Å². The summed E-state index contributed by atoms with van der Waals surface area (Å²) >= 11 is 0. The zero-order valence-corrected chi connectivity index (χ0v) is 10.2. The molecule has 1 unspecified atom stereocenters.